The molecule has 4 heteroatoms. The molecular weight excluding hydrogens is 194 g/mol. The fourth-order valence-corrected chi connectivity index (χ4v) is 3.84. The molecule has 0 bridgehead atoms. The number of thioether (sulfide) groups is 1. The van der Waals surface area contributed by atoms with E-state index in [9.17, 15) is 0 Å². The Morgan fingerprint density at radius 3 is 2.93 bits per heavy atom. The molecule has 80 valence electrons. The van der Waals surface area contributed by atoms with Crippen LogP contribution in [0.25, 0.3) is 0 Å². The van der Waals surface area contributed by atoms with E-state index in [0.29, 0.717) is 6.04 Å². The smallest absolute Gasteiger partial charge is 0.192 e. The molecule has 1 fully saturated rings. The van der Waals surface area contributed by atoms with Crippen molar-refractivity contribution >= 4 is 17.7 Å². The molecule has 0 aromatic rings. The van der Waals surface area contributed by atoms with Crippen LogP contribution in [0, 0.1) is 0 Å². The number of rotatable bonds is 1. The highest BCUT2D eigenvalue weighted by molar-refractivity contribution is 7.99. The second kappa shape index (κ2) is 3.65. The molecule has 0 amide bonds. The number of guanidine groups is 1. The van der Waals surface area contributed by atoms with Crippen molar-refractivity contribution in [3.05, 3.63) is 0 Å². The topological polar surface area (TPSA) is 41.6 Å². The van der Waals surface area contributed by atoms with E-state index < -0.39 is 0 Å². The average Bonchev–Trinajstić information content (AvgIpc) is 2.45. The first-order valence-electron chi connectivity index (χ1n) is 5.33. The first-order valence-corrected chi connectivity index (χ1v) is 6.48. The number of aliphatic imine (C=N–C) groups is 1. The molecule has 0 saturated carbocycles. The second-order valence-electron chi connectivity index (χ2n) is 4.52. The minimum atomic E-state index is 0.251. The maximum Gasteiger partial charge on any atom is 0.192 e. The third-order valence-electron chi connectivity index (χ3n) is 3.11. The predicted octanol–water partition coefficient (Wildman–Crippen LogP) is 1.29. The summed E-state index contributed by atoms with van der Waals surface area (Å²) >= 11 is 2.04. The number of hydrogen-bond acceptors (Lipinski definition) is 4. The van der Waals surface area contributed by atoms with Crippen molar-refractivity contribution < 1.29 is 0 Å². The fourth-order valence-electron chi connectivity index (χ4n) is 2.59. The summed E-state index contributed by atoms with van der Waals surface area (Å²) in [7, 11) is 0. The van der Waals surface area contributed by atoms with Crippen molar-refractivity contribution in [1.82, 2.24) is 4.90 Å². The highest BCUT2D eigenvalue weighted by Gasteiger charge is 2.44. The van der Waals surface area contributed by atoms with Gasteiger partial charge in [0.05, 0.1) is 12.1 Å². The summed E-state index contributed by atoms with van der Waals surface area (Å²) < 4.78 is 0. The van der Waals surface area contributed by atoms with Crippen LogP contribution in [0.5, 0.6) is 0 Å². The maximum atomic E-state index is 5.95. The van der Waals surface area contributed by atoms with Crippen LogP contribution in [0.2, 0.25) is 0 Å². The Kier molecular flexibility index (Phi) is 2.64. The van der Waals surface area contributed by atoms with E-state index in [1.165, 1.54) is 24.3 Å². The largest absolute Gasteiger partial charge is 0.370 e. The first-order chi connectivity index (χ1) is 6.66. The van der Waals surface area contributed by atoms with Crippen LogP contribution in [-0.2, 0) is 0 Å². The lowest BCUT2D eigenvalue weighted by atomic mass is 9.93. The molecule has 1 atom stereocenters. The third kappa shape index (κ3) is 1.49. The monoisotopic (exact) mass is 213 g/mol. The van der Waals surface area contributed by atoms with Crippen LogP contribution in [0.3, 0.4) is 0 Å². The number of nitrogens with two attached hydrogens (primary N) is 1. The van der Waals surface area contributed by atoms with Crippen molar-refractivity contribution in [3.63, 3.8) is 0 Å². The maximum absolute atomic E-state index is 5.95. The quantitative estimate of drug-likeness (QED) is 0.713. The lowest BCUT2D eigenvalue weighted by molar-refractivity contribution is 0.173. The van der Waals surface area contributed by atoms with Crippen LogP contribution < -0.4 is 5.73 Å². The summed E-state index contributed by atoms with van der Waals surface area (Å²) in [5.74, 6) is 3.24. The molecule has 1 saturated heterocycles. The standard InChI is InChI=1S/C10H19N3S/c1-8(2)13-9(11)12-6-10(13)4-3-5-14-7-10/h8H,3-7H2,1-2H3,(H2,11,12). The Labute approximate surface area is 90.1 Å². The molecule has 0 aromatic carbocycles. The second-order valence-corrected chi connectivity index (χ2v) is 5.62. The van der Waals surface area contributed by atoms with Crippen molar-refractivity contribution in [2.24, 2.45) is 10.7 Å². The summed E-state index contributed by atoms with van der Waals surface area (Å²) in [6, 6.07) is 0.472. The summed E-state index contributed by atoms with van der Waals surface area (Å²) in [6.07, 6.45) is 2.55. The molecule has 14 heavy (non-hydrogen) atoms. The molecular formula is C10H19N3S. The third-order valence-corrected chi connectivity index (χ3v) is 4.43. The molecule has 2 N–H and O–H groups in total. The first kappa shape index (κ1) is 10.1. The summed E-state index contributed by atoms with van der Waals surface area (Å²) in [4.78, 5) is 6.76. The van der Waals surface area contributed by atoms with Gasteiger partial charge in [0.15, 0.2) is 5.96 Å². The molecule has 2 aliphatic heterocycles. The van der Waals surface area contributed by atoms with E-state index in [4.69, 9.17) is 5.73 Å². The van der Waals surface area contributed by atoms with E-state index in [2.05, 4.69) is 23.7 Å². The highest BCUT2D eigenvalue weighted by Crippen LogP contribution is 2.36. The van der Waals surface area contributed by atoms with E-state index in [0.717, 1.165) is 12.5 Å². The van der Waals surface area contributed by atoms with Crippen molar-refractivity contribution in [3.8, 4) is 0 Å². The SMILES string of the molecule is CC(C)N1C(N)=NCC12CCCSC2. The average molecular weight is 213 g/mol. The van der Waals surface area contributed by atoms with Gasteiger partial charge in [0.1, 0.15) is 0 Å². The summed E-state index contributed by atoms with van der Waals surface area (Å²) in [5, 5.41) is 0. The van der Waals surface area contributed by atoms with Gasteiger partial charge in [0.25, 0.3) is 0 Å². The normalized spacial score (nSPS) is 32.8. The van der Waals surface area contributed by atoms with Crippen molar-refractivity contribution in [1.29, 1.82) is 0 Å². The van der Waals surface area contributed by atoms with E-state index in [1.54, 1.807) is 0 Å². The lowest BCUT2D eigenvalue weighted by Crippen LogP contribution is -2.57. The zero-order valence-corrected chi connectivity index (χ0v) is 9.81. The minimum Gasteiger partial charge on any atom is -0.370 e. The highest BCUT2D eigenvalue weighted by atomic mass is 32.2. The Hall–Kier alpha value is -0.380. The van der Waals surface area contributed by atoms with Gasteiger partial charge in [0, 0.05) is 11.8 Å². The molecule has 0 aliphatic carbocycles. The van der Waals surface area contributed by atoms with Gasteiger partial charge in [-0.25, -0.2) is 0 Å². The van der Waals surface area contributed by atoms with E-state index in [1.807, 2.05) is 11.8 Å². The zero-order chi connectivity index (χ0) is 10.2. The van der Waals surface area contributed by atoms with Gasteiger partial charge in [-0.2, -0.15) is 11.8 Å². The minimum absolute atomic E-state index is 0.251. The molecule has 1 unspecified atom stereocenters. The van der Waals surface area contributed by atoms with E-state index >= 15 is 0 Å². The number of nitrogens with zero attached hydrogens (tertiary/aromatic N) is 2. The lowest BCUT2D eigenvalue weighted by Gasteiger charge is -2.44. The van der Waals surface area contributed by atoms with Crippen LogP contribution in [0.4, 0.5) is 0 Å². The predicted molar refractivity (Wildman–Crippen MR) is 62.8 cm³/mol. The van der Waals surface area contributed by atoms with Crippen LogP contribution >= 0.6 is 11.8 Å². The van der Waals surface area contributed by atoms with Crippen molar-refractivity contribution in [2.75, 3.05) is 18.1 Å². The van der Waals surface area contributed by atoms with Crippen LogP contribution in [0.15, 0.2) is 4.99 Å². The molecule has 2 heterocycles. The van der Waals surface area contributed by atoms with Gasteiger partial charge in [-0.05, 0) is 32.4 Å². The molecule has 2 aliphatic rings. The molecule has 1 spiro atoms. The van der Waals surface area contributed by atoms with Crippen molar-refractivity contribution in [2.45, 2.75) is 38.3 Å². The Morgan fingerprint density at radius 1 is 1.57 bits per heavy atom. The van der Waals surface area contributed by atoms with Gasteiger partial charge in [0.2, 0.25) is 0 Å². The van der Waals surface area contributed by atoms with Gasteiger partial charge >= 0.3 is 0 Å². The molecule has 3 nitrogen and oxygen atoms in total. The molecule has 0 radical (unpaired) electrons. The Morgan fingerprint density at radius 2 is 2.36 bits per heavy atom. The molecule has 2 rings (SSSR count). The van der Waals surface area contributed by atoms with Crippen LogP contribution in [0.1, 0.15) is 26.7 Å². The van der Waals surface area contributed by atoms with Gasteiger partial charge < -0.3 is 10.6 Å². The van der Waals surface area contributed by atoms with Gasteiger partial charge in [-0.3, -0.25) is 4.99 Å². The van der Waals surface area contributed by atoms with Gasteiger partial charge in [-0.1, -0.05) is 0 Å². The summed E-state index contributed by atoms with van der Waals surface area (Å²) in [6.45, 7) is 5.31. The number of hydrogen-bond donors (Lipinski definition) is 1. The fraction of sp³-hybridized carbons (Fsp3) is 0.900. The van der Waals surface area contributed by atoms with Gasteiger partial charge in [-0.15, -0.1) is 0 Å². The Bertz CT molecular complexity index is 244. The molecule has 0 aromatic heterocycles. The summed E-state index contributed by atoms with van der Waals surface area (Å²) in [5.41, 5.74) is 6.20. The Balaban J connectivity index is 2.19. The van der Waals surface area contributed by atoms with Crippen LogP contribution in [-0.4, -0.2) is 40.5 Å². The van der Waals surface area contributed by atoms with E-state index in [-0.39, 0.29) is 5.54 Å². The zero-order valence-electron chi connectivity index (χ0n) is 8.99.